The Kier molecular flexibility index (Phi) is 5.55. The second-order valence-electron chi connectivity index (χ2n) is 7.17. The van der Waals surface area contributed by atoms with Crippen LogP contribution in [0.3, 0.4) is 0 Å². The average molecular weight is 414 g/mol. The van der Waals surface area contributed by atoms with E-state index in [2.05, 4.69) is 6.92 Å². The first-order chi connectivity index (χ1) is 13.5. The number of piperidine rings is 1. The third-order valence-electron chi connectivity index (χ3n) is 5.23. The van der Waals surface area contributed by atoms with E-state index < -0.39 is 0 Å². The van der Waals surface area contributed by atoms with Gasteiger partial charge in [-0.05, 0) is 67.8 Å². The summed E-state index contributed by atoms with van der Waals surface area (Å²) in [7, 11) is 0. The van der Waals surface area contributed by atoms with Gasteiger partial charge in [-0.2, -0.15) is 0 Å². The molecule has 5 nitrogen and oxygen atoms in total. The van der Waals surface area contributed by atoms with E-state index in [1.807, 2.05) is 41.5 Å². The number of hydrogen-bond donors (Lipinski definition) is 0. The number of aromatic nitrogens is 2. The minimum Gasteiger partial charge on any atom is -0.342 e. The quantitative estimate of drug-likeness (QED) is 0.476. The standard InChI is InChI=1S/C21H23N3O2S2/c1-14-6-7-16(12-15(14)2)24-20(26)19-17(8-11-27-19)22-21(24)28-13-18(25)23-9-4-3-5-10-23/h6-8,11-12H,3-5,9-10,13H2,1-2H3. The molecular formula is C21H23N3O2S2. The summed E-state index contributed by atoms with van der Waals surface area (Å²) in [5, 5.41) is 2.46. The molecule has 0 bridgehead atoms. The number of aryl methyl sites for hydroxylation is 2. The number of hydrogen-bond acceptors (Lipinski definition) is 5. The summed E-state index contributed by atoms with van der Waals surface area (Å²) in [4.78, 5) is 32.4. The fourth-order valence-electron chi connectivity index (χ4n) is 3.44. The molecule has 146 valence electrons. The van der Waals surface area contributed by atoms with Crippen LogP contribution in [0.2, 0.25) is 0 Å². The summed E-state index contributed by atoms with van der Waals surface area (Å²) in [5.74, 6) is 0.420. The van der Waals surface area contributed by atoms with Gasteiger partial charge in [0.2, 0.25) is 5.91 Å². The SMILES string of the molecule is Cc1ccc(-n2c(SCC(=O)N3CCCCC3)nc3ccsc3c2=O)cc1C. The smallest absolute Gasteiger partial charge is 0.276 e. The predicted molar refractivity (Wildman–Crippen MR) is 116 cm³/mol. The number of carbonyl (C=O) groups is 1. The van der Waals surface area contributed by atoms with Crippen LogP contribution in [0.5, 0.6) is 0 Å². The van der Waals surface area contributed by atoms with Gasteiger partial charge in [-0.15, -0.1) is 11.3 Å². The molecule has 1 saturated heterocycles. The summed E-state index contributed by atoms with van der Waals surface area (Å²) in [5.41, 5.74) is 3.72. The topological polar surface area (TPSA) is 55.2 Å². The minimum absolute atomic E-state index is 0.0730. The number of nitrogens with zero attached hydrogens (tertiary/aromatic N) is 3. The van der Waals surface area contributed by atoms with Gasteiger partial charge in [0.1, 0.15) is 4.70 Å². The monoisotopic (exact) mass is 413 g/mol. The van der Waals surface area contributed by atoms with Crippen LogP contribution in [0.1, 0.15) is 30.4 Å². The summed E-state index contributed by atoms with van der Waals surface area (Å²) in [6.45, 7) is 5.75. The van der Waals surface area contributed by atoms with Gasteiger partial charge in [-0.1, -0.05) is 17.8 Å². The number of benzene rings is 1. The number of fused-ring (bicyclic) bond motifs is 1. The molecule has 28 heavy (non-hydrogen) atoms. The Bertz CT molecular complexity index is 1080. The van der Waals surface area contributed by atoms with E-state index in [9.17, 15) is 9.59 Å². The fourth-order valence-corrected chi connectivity index (χ4v) is 5.12. The number of rotatable bonds is 4. The lowest BCUT2D eigenvalue weighted by molar-refractivity contribution is -0.129. The van der Waals surface area contributed by atoms with Crippen LogP contribution in [0, 0.1) is 13.8 Å². The second kappa shape index (κ2) is 8.09. The highest BCUT2D eigenvalue weighted by molar-refractivity contribution is 7.99. The first kappa shape index (κ1) is 19.2. The van der Waals surface area contributed by atoms with E-state index >= 15 is 0 Å². The Hall–Kier alpha value is -2.12. The third kappa shape index (κ3) is 3.73. The molecule has 0 N–H and O–H groups in total. The zero-order valence-electron chi connectivity index (χ0n) is 16.1. The molecule has 2 aromatic heterocycles. The molecule has 0 atom stereocenters. The van der Waals surface area contributed by atoms with Crippen LogP contribution in [-0.2, 0) is 4.79 Å². The highest BCUT2D eigenvalue weighted by atomic mass is 32.2. The first-order valence-corrected chi connectivity index (χ1v) is 11.4. The van der Waals surface area contributed by atoms with Gasteiger partial charge < -0.3 is 4.90 Å². The molecule has 0 radical (unpaired) electrons. The average Bonchev–Trinajstić information content (AvgIpc) is 3.18. The van der Waals surface area contributed by atoms with Gasteiger partial charge in [0.05, 0.1) is 17.0 Å². The van der Waals surface area contributed by atoms with Crippen molar-refractivity contribution >= 4 is 39.2 Å². The van der Waals surface area contributed by atoms with Gasteiger partial charge >= 0.3 is 0 Å². The van der Waals surface area contributed by atoms with E-state index in [-0.39, 0.29) is 11.5 Å². The van der Waals surface area contributed by atoms with E-state index in [1.165, 1.54) is 35.1 Å². The van der Waals surface area contributed by atoms with Gasteiger partial charge in [0, 0.05) is 13.1 Å². The van der Waals surface area contributed by atoms with Crippen LogP contribution in [0.25, 0.3) is 15.9 Å². The van der Waals surface area contributed by atoms with Gasteiger partial charge in [0.15, 0.2) is 5.16 Å². The number of carbonyl (C=O) groups excluding carboxylic acids is 1. The van der Waals surface area contributed by atoms with Crippen LogP contribution in [0.15, 0.2) is 39.6 Å². The lowest BCUT2D eigenvalue weighted by Crippen LogP contribution is -2.36. The third-order valence-corrected chi connectivity index (χ3v) is 7.05. The predicted octanol–water partition coefficient (Wildman–Crippen LogP) is 4.17. The molecule has 0 spiro atoms. The zero-order chi connectivity index (χ0) is 19.7. The number of amides is 1. The molecule has 0 saturated carbocycles. The molecule has 7 heteroatoms. The Morgan fingerprint density at radius 2 is 1.93 bits per heavy atom. The highest BCUT2D eigenvalue weighted by Crippen LogP contribution is 2.25. The molecule has 1 fully saturated rings. The van der Waals surface area contributed by atoms with Crippen molar-refractivity contribution in [1.82, 2.24) is 14.5 Å². The van der Waals surface area contributed by atoms with Crippen molar-refractivity contribution in [3.05, 3.63) is 51.1 Å². The second-order valence-corrected chi connectivity index (χ2v) is 9.03. The number of thiophene rings is 1. The number of likely N-dealkylation sites (tertiary alicyclic amines) is 1. The van der Waals surface area contributed by atoms with Crippen molar-refractivity contribution < 1.29 is 4.79 Å². The molecule has 0 unspecified atom stereocenters. The van der Waals surface area contributed by atoms with E-state index in [4.69, 9.17) is 4.98 Å². The maximum atomic E-state index is 13.2. The van der Waals surface area contributed by atoms with Crippen molar-refractivity contribution in [2.24, 2.45) is 0 Å². The van der Waals surface area contributed by atoms with Crippen molar-refractivity contribution in [3.63, 3.8) is 0 Å². The maximum Gasteiger partial charge on any atom is 0.276 e. The Morgan fingerprint density at radius 1 is 1.14 bits per heavy atom. The molecule has 1 amide bonds. The summed E-state index contributed by atoms with van der Waals surface area (Å²) in [6, 6.07) is 7.83. The first-order valence-electron chi connectivity index (χ1n) is 9.53. The van der Waals surface area contributed by atoms with E-state index in [0.717, 1.165) is 37.2 Å². The van der Waals surface area contributed by atoms with Crippen molar-refractivity contribution in [2.75, 3.05) is 18.8 Å². The lowest BCUT2D eigenvalue weighted by Gasteiger charge is -2.26. The minimum atomic E-state index is -0.0730. The number of thioether (sulfide) groups is 1. The molecule has 1 aliphatic rings. The van der Waals surface area contributed by atoms with Crippen molar-refractivity contribution in [1.29, 1.82) is 0 Å². The van der Waals surface area contributed by atoms with Crippen LogP contribution in [0.4, 0.5) is 0 Å². The largest absolute Gasteiger partial charge is 0.342 e. The molecule has 4 rings (SSSR count). The van der Waals surface area contributed by atoms with Crippen LogP contribution >= 0.6 is 23.1 Å². The van der Waals surface area contributed by atoms with E-state index in [0.29, 0.717) is 21.1 Å². The highest BCUT2D eigenvalue weighted by Gasteiger charge is 2.20. The van der Waals surface area contributed by atoms with Crippen LogP contribution < -0.4 is 5.56 Å². The Balaban J connectivity index is 1.71. The molecule has 3 aromatic rings. The van der Waals surface area contributed by atoms with Gasteiger partial charge in [-0.25, -0.2) is 4.98 Å². The maximum absolute atomic E-state index is 13.2. The molecular weight excluding hydrogens is 390 g/mol. The fraction of sp³-hybridized carbons (Fsp3) is 0.381. The van der Waals surface area contributed by atoms with Crippen molar-refractivity contribution in [2.45, 2.75) is 38.3 Å². The molecule has 1 aliphatic heterocycles. The van der Waals surface area contributed by atoms with Gasteiger partial charge in [-0.3, -0.25) is 14.2 Å². The summed E-state index contributed by atoms with van der Waals surface area (Å²) in [6.07, 6.45) is 3.34. The van der Waals surface area contributed by atoms with Crippen molar-refractivity contribution in [3.8, 4) is 5.69 Å². The van der Waals surface area contributed by atoms with E-state index in [1.54, 1.807) is 4.57 Å². The lowest BCUT2D eigenvalue weighted by atomic mass is 10.1. The zero-order valence-corrected chi connectivity index (χ0v) is 17.7. The molecule has 3 heterocycles. The summed E-state index contributed by atoms with van der Waals surface area (Å²) >= 11 is 2.76. The Labute approximate surface area is 172 Å². The summed E-state index contributed by atoms with van der Waals surface area (Å²) < 4.78 is 2.30. The molecule has 0 aliphatic carbocycles. The van der Waals surface area contributed by atoms with Crippen LogP contribution in [-0.4, -0.2) is 39.2 Å². The van der Waals surface area contributed by atoms with Gasteiger partial charge in [0.25, 0.3) is 5.56 Å². The normalized spacial score (nSPS) is 14.6. The Morgan fingerprint density at radius 3 is 2.68 bits per heavy atom. The molecule has 1 aromatic carbocycles.